The van der Waals surface area contributed by atoms with Crippen molar-refractivity contribution in [1.29, 1.82) is 0 Å². The van der Waals surface area contributed by atoms with Crippen LogP contribution in [0.25, 0.3) is 0 Å². The summed E-state index contributed by atoms with van der Waals surface area (Å²) in [5.74, 6) is 0.665. The second-order valence-electron chi connectivity index (χ2n) is 7.28. The number of ether oxygens (including phenoxy) is 1. The van der Waals surface area contributed by atoms with E-state index in [-0.39, 0.29) is 4.90 Å². The average Bonchev–Trinajstić information content (AvgIpc) is 2.49. The lowest BCUT2D eigenvalue weighted by molar-refractivity contribution is 0.0702. The van der Waals surface area contributed by atoms with Crippen LogP contribution >= 0.6 is 0 Å². The largest absolute Gasteiger partial charge is 0.487 e. The van der Waals surface area contributed by atoms with Gasteiger partial charge in [0.15, 0.2) is 0 Å². The summed E-state index contributed by atoms with van der Waals surface area (Å²) >= 11 is 0. The smallest absolute Gasteiger partial charge is 0.241 e. The van der Waals surface area contributed by atoms with E-state index in [9.17, 15) is 8.42 Å². The first-order valence-electron chi connectivity index (χ1n) is 8.25. The van der Waals surface area contributed by atoms with Gasteiger partial charge in [-0.15, -0.1) is 0 Å². The highest BCUT2D eigenvalue weighted by Gasteiger charge is 2.36. The lowest BCUT2D eigenvalue weighted by Crippen LogP contribution is -2.41. The van der Waals surface area contributed by atoms with Crippen molar-refractivity contribution in [2.45, 2.75) is 50.7 Å². The Morgan fingerprint density at radius 2 is 1.84 bits per heavy atom. The molecule has 1 unspecified atom stereocenters. The molecule has 3 N–H and O–H groups in total. The van der Waals surface area contributed by atoms with Crippen molar-refractivity contribution in [3.05, 3.63) is 53.1 Å². The third-order valence-electron chi connectivity index (χ3n) is 4.58. The molecule has 6 heteroatoms. The fourth-order valence-corrected chi connectivity index (χ4v) is 4.41. The fraction of sp³-hybridized carbons (Fsp3) is 0.368. The zero-order valence-electron chi connectivity index (χ0n) is 15.0. The number of nitrogens with two attached hydrogens (primary N) is 1. The minimum Gasteiger partial charge on any atom is -0.487 e. The molecule has 25 heavy (non-hydrogen) atoms. The van der Waals surface area contributed by atoms with Gasteiger partial charge in [0.1, 0.15) is 11.4 Å². The number of benzene rings is 2. The van der Waals surface area contributed by atoms with Crippen LogP contribution in [0.5, 0.6) is 5.75 Å². The van der Waals surface area contributed by atoms with Crippen LogP contribution in [0.1, 0.15) is 43.0 Å². The Balaban J connectivity index is 1.99. The molecule has 0 aliphatic carbocycles. The summed E-state index contributed by atoms with van der Waals surface area (Å²) < 4.78 is 34.6. The van der Waals surface area contributed by atoms with Crippen LogP contribution in [0.15, 0.2) is 41.3 Å². The number of anilines is 1. The molecule has 1 aliphatic heterocycles. The Morgan fingerprint density at radius 1 is 1.12 bits per heavy atom. The van der Waals surface area contributed by atoms with Crippen LogP contribution in [0.3, 0.4) is 0 Å². The van der Waals surface area contributed by atoms with E-state index < -0.39 is 21.7 Å². The quantitative estimate of drug-likeness (QED) is 0.821. The van der Waals surface area contributed by atoms with Gasteiger partial charge in [-0.3, -0.25) is 0 Å². The Kier molecular flexibility index (Phi) is 4.29. The SMILES string of the molecule is Cc1ccc(S(=O)(=O)NC2CC(C)(C)Oc3ccc(N)cc32)cc1C. The molecule has 0 aromatic heterocycles. The van der Waals surface area contributed by atoms with Crippen LogP contribution in [0.2, 0.25) is 0 Å². The minimum atomic E-state index is -3.65. The summed E-state index contributed by atoms with van der Waals surface area (Å²) in [5.41, 5.74) is 8.77. The molecule has 5 nitrogen and oxygen atoms in total. The first-order valence-corrected chi connectivity index (χ1v) is 9.74. The van der Waals surface area contributed by atoms with Gasteiger partial charge in [0.25, 0.3) is 0 Å². The molecule has 0 radical (unpaired) electrons. The standard InChI is InChI=1S/C19H24N2O3S/c1-12-5-7-15(9-13(12)2)25(22,23)21-17-11-19(3,4)24-18-8-6-14(20)10-16(17)18/h5-10,17,21H,11,20H2,1-4H3. The topological polar surface area (TPSA) is 81.4 Å². The van der Waals surface area contributed by atoms with Crippen molar-refractivity contribution < 1.29 is 13.2 Å². The number of fused-ring (bicyclic) bond motifs is 1. The molecule has 2 aromatic carbocycles. The molecule has 0 saturated heterocycles. The number of rotatable bonds is 3. The van der Waals surface area contributed by atoms with E-state index in [1.807, 2.05) is 33.8 Å². The summed E-state index contributed by atoms with van der Waals surface area (Å²) in [5, 5.41) is 0. The number of nitrogen functional groups attached to an aromatic ring is 1. The van der Waals surface area contributed by atoms with E-state index in [4.69, 9.17) is 10.5 Å². The zero-order chi connectivity index (χ0) is 18.4. The second kappa shape index (κ2) is 6.04. The Hall–Kier alpha value is -2.05. The maximum Gasteiger partial charge on any atom is 0.241 e. The van der Waals surface area contributed by atoms with Gasteiger partial charge in [-0.1, -0.05) is 6.07 Å². The number of hydrogen-bond acceptors (Lipinski definition) is 4. The molecule has 3 rings (SSSR count). The highest BCUT2D eigenvalue weighted by molar-refractivity contribution is 7.89. The van der Waals surface area contributed by atoms with Gasteiger partial charge in [-0.2, -0.15) is 0 Å². The lowest BCUT2D eigenvalue weighted by Gasteiger charge is -2.37. The number of nitrogens with one attached hydrogen (secondary N) is 1. The van der Waals surface area contributed by atoms with Gasteiger partial charge in [0, 0.05) is 17.7 Å². The maximum atomic E-state index is 12.9. The highest BCUT2D eigenvalue weighted by Crippen LogP contribution is 2.41. The molecule has 1 heterocycles. The predicted molar refractivity (Wildman–Crippen MR) is 99.2 cm³/mol. The molecule has 1 aliphatic rings. The van der Waals surface area contributed by atoms with Gasteiger partial charge < -0.3 is 10.5 Å². The third-order valence-corrected chi connectivity index (χ3v) is 6.05. The van der Waals surface area contributed by atoms with E-state index >= 15 is 0 Å². The summed E-state index contributed by atoms with van der Waals surface area (Å²) in [6.45, 7) is 7.76. The van der Waals surface area contributed by atoms with E-state index in [0.717, 1.165) is 16.7 Å². The van der Waals surface area contributed by atoms with Crippen molar-refractivity contribution >= 4 is 15.7 Å². The Morgan fingerprint density at radius 3 is 2.52 bits per heavy atom. The van der Waals surface area contributed by atoms with Gasteiger partial charge in [-0.05, 0) is 69.2 Å². The second-order valence-corrected chi connectivity index (χ2v) is 9.00. The van der Waals surface area contributed by atoms with Gasteiger partial charge in [0.05, 0.1) is 10.9 Å². The molecule has 0 spiro atoms. The highest BCUT2D eigenvalue weighted by atomic mass is 32.2. The third kappa shape index (κ3) is 3.65. The van der Waals surface area contributed by atoms with Crippen molar-refractivity contribution in [3.63, 3.8) is 0 Å². The van der Waals surface area contributed by atoms with Crippen molar-refractivity contribution in [2.24, 2.45) is 0 Å². The maximum absolute atomic E-state index is 12.9. The van der Waals surface area contributed by atoms with Crippen molar-refractivity contribution in [2.75, 3.05) is 5.73 Å². The van der Waals surface area contributed by atoms with E-state index in [0.29, 0.717) is 17.9 Å². The molecule has 0 fully saturated rings. The fourth-order valence-electron chi connectivity index (χ4n) is 3.11. The molecular formula is C19H24N2O3S. The van der Waals surface area contributed by atoms with E-state index in [1.165, 1.54) is 0 Å². The number of aryl methyl sites for hydroxylation is 2. The zero-order valence-corrected chi connectivity index (χ0v) is 15.8. The predicted octanol–water partition coefficient (Wildman–Crippen LogP) is 3.47. The molecule has 0 amide bonds. The number of sulfonamides is 1. The average molecular weight is 360 g/mol. The summed E-state index contributed by atoms with van der Waals surface area (Å²) in [6, 6.07) is 10.1. The van der Waals surface area contributed by atoms with Crippen LogP contribution in [0, 0.1) is 13.8 Å². The summed E-state index contributed by atoms with van der Waals surface area (Å²) in [6.07, 6.45) is 0.521. The molecular weight excluding hydrogens is 336 g/mol. The van der Waals surface area contributed by atoms with E-state index in [2.05, 4.69) is 4.72 Å². The molecule has 0 saturated carbocycles. The Labute approximate surface area is 149 Å². The van der Waals surface area contributed by atoms with Crippen LogP contribution in [0.4, 0.5) is 5.69 Å². The van der Waals surface area contributed by atoms with Crippen molar-refractivity contribution in [1.82, 2.24) is 4.72 Å². The first kappa shape index (κ1) is 17.8. The monoisotopic (exact) mass is 360 g/mol. The lowest BCUT2D eigenvalue weighted by atomic mass is 9.90. The normalized spacial score (nSPS) is 19.1. The molecule has 0 bridgehead atoms. The van der Waals surface area contributed by atoms with Gasteiger partial charge >= 0.3 is 0 Å². The van der Waals surface area contributed by atoms with Crippen molar-refractivity contribution in [3.8, 4) is 5.75 Å². The van der Waals surface area contributed by atoms with Gasteiger partial charge in [-0.25, -0.2) is 13.1 Å². The molecule has 134 valence electrons. The number of hydrogen-bond donors (Lipinski definition) is 2. The van der Waals surface area contributed by atoms with Crippen LogP contribution in [-0.4, -0.2) is 14.0 Å². The van der Waals surface area contributed by atoms with Gasteiger partial charge in [0.2, 0.25) is 10.0 Å². The summed E-state index contributed by atoms with van der Waals surface area (Å²) in [4.78, 5) is 0.269. The van der Waals surface area contributed by atoms with Crippen LogP contribution in [-0.2, 0) is 10.0 Å². The first-order chi connectivity index (χ1) is 11.6. The van der Waals surface area contributed by atoms with E-state index in [1.54, 1.807) is 30.3 Å². The van der Waals surface area contributed by atoms with Crippen LogP contribution < -0.4 is 15.2 Å². The minimum absolute atomic E-state index is 0.269. The summed E-state index contributed by atoms with van der Waals surface area (Å²) in [7, 11) is -3.65. The molecule has 2 aromatic rings. The molecule has 1 atom stereocenters. The Bertz CT molecular complexity index is 920.